The van der Waals surface area contributed by atoms with Crippen LogP contribution in [-0.2, 0) is 14.3 Å². The maximum atomic E-state index is 12.6. The van der Waals surface area contributed by atoms with Crippen LogP contribution in [0.25, 0.3) is 6.08 Å². The second-order valence-corrected chi connectivity index (χ2v) is 7.75. The third-order valence-corrected chi connectivity index (χ3v) is 5.20. The molecule has 0 saturated carbocycles. The maximum Gasteiger partial charge on any atom is 0.307 e. The molecule has 0 bridgehead atoms. The molecule has 146 valence electrons. The second-order valence-electron chi connectivity index (χ2n) is 6.07. The first-order chi connectivity index (χ1) is 13.0. The topological polar surface area (TPSA) is 55.8 Å². The highest BCUT2D eigenvalue weighted by atomic mass is 32.2. The Morgan fingerprint density at radius 2 is 1.93 bits per heavy atom. The Bertz CT molecular complexity index is 700. The summed E-state index contributed by atoms with van der Waals surface area (Å²) in [5.74, 6) is 0.337. The van der Waals surface area contributed by atoms with Crippen molar-refractivity contribution in [2.24, 2.45) is 0 Å². The zero-order valence-corrected chi connectivity index (χ0v) is 17.4. The Balaban J connectivity index is 1.93. The lowest BCUT2D eigenvalue weighted by Gasteiger charge is -2.13. The van der Waals surface area contributed by atoms with E-state index in [9.17, 15) is 9.59 Å². The van der Waals surface area contributed by atoms with Gasteiger partial charge in [0, 0.05) is 6.54 Å². The van der Waals surface area contributed by atoms with Gasteiger partial charge in [-0.25, -0.2) is 0 Å². The van der Waals surface area contributed by atoms with Gasteiger partial charge in [0.2, 0.25) is 0 Å². The van der Waals surface area contributed by atoms with Crippen molar-refractivity contribution in [2.45, 2.75) is 39.5 Å². The normalized spacial score (nSPS) is 15.5. The van der Waals surface area contributed by atoms with Crippen molar-refractivity contribution in [3.63, 3.8) is 0 Å². The molecular weight excluding hydrogens is 382 g/mol. The molecule has 0 N–H and O–H groups in total. The number of nitrogens with zero attached hydrogens (tertiary/aromatic N) is 1. The van der Waals surface area contributed by atoms with Crippen LogP contribution in [0.4, 0.5) is 0 Å². The van der Waals surface area contributed by atoms with Gasteiger partial charge in [0.25, 0.3) is 5.91 Å². The van der Waals surface area contributed by atoms with E-state index in [0.29, 0.717) is 22.4 Å². The SMILES string of the molecule is CCCCOc1ccc(/C=C2\SC(=S)N(CCC(=O)OCCC)C2=O)cc1. The number of thiocarbonyl (C=S) groups is 1. The van der Waals surface area contributed by atoms with E-state index in [0.717, 1.165) is 30.6 Å². The van der Waals surface area contributed by atoms with E-state index in [1.165, 1.54) is 16.7 Å². The zero-order valence-electron chi connectivity index (χ0n) is 15.7. The van der Waals surface area contributed by atoms with Crippen LogP contribution in [0.15, 0.2) is 29.2 Å². The van der Waals surface area contributed by atoms with Gasteiger partial charge in [0.05, 0.1) is 24.5 Å². The van der Waals surface area contributed by atoms with E-state index in [-0.39, 0.29) is 24.8 Å². The molecule has 1 heterocycles. The van der Waals surface area contributed by atoms with Gasteiger partial charge in [-0.1, -0.05) is 56.4 Å². The van der Waals surface area contributed by atoms with Crippen molar-refractivity contribution in [1.29, 1.82) is 0 Å². The lowest BCUT2D eigenvalue weighted by atomic mass is 10.2. The van der Waals surface area contributed by atoms with Gasteiger partial charge in [0.15, 0.2) is 0 Å². The van der Waals surface area contributed by atoms with E-state index in [2.05, 4.69) is 6.92 Å². The van der Waals surface area contributed by atoms with Crippen molar-refractivity contribution in [3.05, 3.63) is 34.7 Å². The van der Waals surface area contributed by atoms with Crippen LogP contribution in [0.2, 0.25) is 0 Å². The number of ether oxygens (including phenoxy) is 2. The number of benzene rings is 1. The zero-order chi connectivity index (χ0) is 19.6. The van der Waals surface area contributed by atoms with E-state index >= 15 is 0 Å². The fourth-order valence-corrected chi connectivity index (χ4v) is 3.64. The van der Waals surface area contributed by atoms with Gasteiger partial charge >= 0.3 is 5.97 Å². The average Bonchev–Trinajstić information content (AvgIpc) is 2.93. The first kappa shape index (κ1) is 21.4. The van der Waals surface area contributed by atoms with Crippen molar-refractivity contribution >= 4 is 46.3 Å². The molecule has 0 unspecified atom stereocenters. The molecule has 1 fully saturated rings. The predicted octanol–water partition coefficient (Wildman–Crippen LogP) is 4.41. The Morgan fingerprint density at radius 3 is 2.59 bits per heavy atom. The Labute approximate surface area is 170 Å². The number of amides is 1. The van der Waals surface area contributed by atoms with Crippen LogP contribution in [0.5, 0.6) is 5.75 Å². The van der Waals surface area contributed by atoms with Gasteiger partial charge in [-0.3, -0.25) is 14.5 Å². The fraction of sp³-hybridized carbons (Fsp3) is 0.450. The Morgan fingerprint density at radius 1 is 1.19 bits per heavy atom. The van der Waals surface area contributed by atoms with E-state index in [4.69, 9.17) is 21.7 Å². The molecule has 5 nitrogen and oxygen atoms in total. The largest absolute Gasteiger partial charge is 0.494 e. The Hall–Kier alpha value is -1.86. The van der Waals surface area contributed by atoms with Crippen LogP contribution in [-0.4, -0.2) is 40.9 Å². The quantitative estimate of drug-likeness (QED) is 0.248. The first-order valence-electron chi connectivity index (χ1n) is 9.19. The van der Waals surface area contributed by atoms with Crippen LogP contribution in [0, 0.1) is 0 Å². The molecule has 1 amide bonds. The number of unbranched alkanes of at least 4 members (excludes halogenated alkanes) is 1. The molecule has 1 aromatic rings. The van der Waals surface area contributed by atoms with E-state index in [1.807, 2.05) is 37.3 Å². The molecule has 0 radical (unpaired) electrons. The molecule has 27 heavy (non-hydrogen) atoms. The highest BCUT2D eigenvalue weighted by Gasteiger charge is 2.32. The number of carbonyl (C=O) groups is 2. The smallest absolute Gasteiger partial charge is 0.307 e. The minimum atomic E-state index is -0.312. The third kappa shape index (κ3) is 6.66. The highest BCUT2D eigenvalue weighted by Crippen LogP contribution is 2.32. The summed E-state index contributed by atoms with van der Waals surface area (Å²) >= 11 is 6.54. The molecule has 0 aromatic heterocycles. The molecule has 0 atom stereocenters. The summed E-state index contributed by atoms with van der Waals surface area (Å²) in [6.07, 6.45) is 4.85. The van der Waals surface area contributed by atoms with E-state index < -0.39 is 0 Å². The fourth-order valence-electron chi connectivity index (χ4n) is 2.33. The molecule has 0 aliphatic carbocycles. The average molecular weight is 408 g/mol. The molecular formula is C20H25NO4S2. The summed E-state index contributed by atoms with van der Waals surface area (Å²) < 4.78 is 11.1. The minimum absolute atomic E-state index is 0.142. The number of carbonyl (C=O) groups excluding carboxylic acids is 2. The summed E-state index contributed by atoms with van der Waals surface area (Å²) in [6.45, 7) is 5.40. The van der Waals surface area contributed by atoms with Crippen molar-refractivity contribution in [1.82, 2.24) is 4.90 Å². The first-order valence-corrected chi connectivity index (χ1v) is 10.4. The number of esters is 1. The van der Waals surface area contributed by atoms with Gasteiger partial charge in [-0.15, -0.1) is 0 Å². The lowest BCUT2D eigenvalue weighted by molar-refractivity contribution is -0.143. The number of thioether (sulfide) groups is 1. The number of hydrogen-bond donors (Lipinski definition) is 0. The standard InChI is InChI=1S/C20H25NO4S2/c1-3-5-13-24-16-8-6-15(7-9-16)14-17-19(23)21(20(26)27-17)11-10-18(22)25-12-4-2/h6-9,14H,3-5,10-13H2,1-2H3/b17-14-. The van der Waals surface area contributed by atoms with E-state index in [1.54, 1.807) is 0 Å². The van der Waals surface area contributed by atoms with Crippen LogP contribution >= 0.6 is 24.0 Å². The minimum Gasteiger partial charge on any atom is -0.494 e. The van der Waals surface area contributed by atoms with Crippen molar-refractivity contribution in [2.75, 3.05) is 19.8 Å². The molecule has 1 aliphatic heterocycles. The predicted molar refractivity (Wildman–Crippen MR) is 113 cm³/mol. The van der Waals surface area contributed by atoms with Crippen molar-refractivity contribution < 1.29 is 19.1 Å². The molecule has 1 aliphatic rings. The summed E-state index contributed by atoms with van der Waals surface area (Å²) in [5.41, 5.74) is 0.903. The second kappa shape index (κ2) is 11.1. The van der Waals surface area contributed by atoms with Gasteiger partial charge in [0.1, 0.15) is 10.1 Å². The summed E-state index contributed by atoms with van der Waals surface area (Å²) in [5, 5.41) is 0. The number of rotatable bonds is 10. The maximum absolute atomic E-state index is 12.6. The van der Waals surface area contributed by atoms with Gasteiger partial charge in [-0.2, -0.15) is 0 Å². The molecule has 1 saturated heterocycles. The summed E-state index contributed by atoms with van der Waals surface area (Å²) in [7, 11) is 0. The summed E-state index contributed by atoms with van der Waals surface area (Å²) in [6, 6.07) is 7.61. The molecule has 1 aromatic carbocycles. The molecule has 7 heteroatoms. The Kier molecular flexibility index (Phi) is 8.81. The van der Waals surface area contributed by atoms with Crippen LogP contribution < -0.4 is 4.74 Å². The van der Waals surface area contributed by atoms with Crippen LogP contribution in [0.1, 0.15) is 45.1 Å². The highest BCUT2D eigenvalue weighted by molar-refractivity contribution is 8.26. The lowest BCUT2D eigenvalue weighted by Crippen LogP contribution is -2.30. The molecule has 0 spiro atoms. The van der Waals surface area contributed by atoms with Crippen LogP contribution in [0.3, 0.4) is 0 Å². The monoisotopic (exact) mass is 407 g/mol. The van der Waals surface area contributed by atoms with Crippen molar-refractivity contribution in [3.8, 4) is 5.75 Å². The van der Waals surface area contributed by atoms with Gasteiger partial charge < -0.3 is 9.47 Å². The third-order valence-electron chi connectivity index (χ3n) is 3.82. The molecule has 2 rings (SSSR count). The number of hydrogen-bond acceptors (Lipinski definition) is 6. The van der Waals surface area contributed by atoms with Gasteiger partial charge in [-0.05, 0) is 36.6 Å². The summed E-state index contributed by atoms with van der Waals surface area (Å²) in [4.78, 5) is 26.2.